The van der Waals surface area contributed by atoms with Crippen molar-refractivity contribution in [3.8, 4) is 0 Å². The van der Waals surface area contributed by atoms with Crippen molar-refractivity contribution in [2.24, 2.45) is 4.99 Å². The third kappa shape index (κ3) is 4.18. The van der Waals surface area contributed by atoms with Crippen molar-refractivity contribution >= 4 is 5.96 Å². The van der Waals surface area contributed by atoms with Crippen molar-refractivity contribution in [1.82, 2.24) is 10.6 Å². The Morgan fingerprint density at radius 2 is 2.10 bits per heavy atom. The van der Waals surface area contributed by atoms with Crippen LogP contribution in [0, 0.1) is 11.6 Å². The fourth-order valence-electron chi connectivity index (χ4n) is 1.89. The summed E-state index contributed by atoms with van der Waals surface area (Å²) in [6.07, 6.45) is 2.37. The average molecular weight is 281 g/mol. The van der Waals surface area contributed by atoms with E-state index in [1.54, 1.807) is 6.07 Å². The van der Waals surface area contributed by atoms with Crippen LogP contribution in [0.2, 0.25) is 0 Å². The number of guanidine groups is 1. The maximum Gasteiger partial charge on any atom is 0.191 e. The highest BCUT2D eigenvalue weighted by molar-refractivity contribution is 5.80. The van der Waals surface area contributed by atoms with Gasteiger partial charge in [-0.05, 0) is 37.5 Å². The molecule has 2 rings (SSSR count). The summed E-state index contributed by atoms with van der Waals surface area (Å²) in [5.74, 6) is -0.779. The summed E-state index contributed by atoms with van der Waals surface area (Å²) in [6.45, 7) is 5.31. The maximum atomic E-state index is 13.2. The Morgan fingerprint density at radius 3 is 2.70 bits per heavy atom. The normalized spacial score (nSPS) is 16.9. The quantitative estimate of drug-likeness (QED) is 0.643. The van der Waals surface area contributed by atoms with E-state index in [0.29, 0.717) is 12.6 Å². The van der Waals surface area contributed by atoms with Crippen LogP contribution in [0.1, 0.15) is 38.2 Å². The van der Waals surface area contributed by atoms with Crippen LogP contribution >= 0.6 is 0 Å². The van der Waals surface area contributed by atoms with Crippen molar-refractivity contribution in [2.75, 3.05) is 13.1 Å². The summed E-state index contributed by atoms with van der Waals surface area (Å²) in [5, 5.41) is 6.51. The van der Waals surface area contributed by atoms with Crippen LogP contribution in [-0.4, -0.2) is 25.1 Å². The van der Waals surface area contributed by atoms with Crippen LogP contribution in [0.4, 0.5) is 8.78 Å². The van der Waals surface area contributed by atoms with Crippen LogP contribution in [0.3, 0.4) is 0 Å². The van der Waals surface area contributed by atoms with E-state index in [2.05, 4.69) is 15.6 Å². The van der Waals surface area contributed by atoms with Crippen molar-refractivity contribution in [3.05, 3.63) is 35.4 Å². The summed E-state index contributed by atoms with van der Waals surface area (Å²) in [5.41, 5.74) is 0.759. The lowest BCUT2D eigenvalue weighted by atomic mass is 10.0. The van der Waals surface area contributed by atoms with E-state index in [1.165, 1.54) is 25.0 Å². The number of nitrogens with zero attached hydrogens (tertiary/aromatic N) is 1. The van der Waals surface area contributed by atoms with Gasteiger partial charge in [0.05, 0.1) is 0 Å². The molecular weight excluding hydrogens is 260 g/mol. The number of nitrogens with one attached hydrogen (secondary N) is 2. The minimum absolute atomic E-state index is 0.0414. The van der Waals surface area contributed by atoms with Crippen molar-refractivity contribution in [1.29, 1.82) is 0 Å². The molecule has 1 aliphatic rings. The van der Waals surface area contributed by atoms with Crippen LogP contribution in [0.5, 0.6) is 0 Å². The van der Waals surface area contributed by atoms with Gasteiger partial charge in [-0.25, -0.2) is 8.78 Å². The van der Waals surface area contributed by atoms with Gasteiger partial charge >= 0.3 is 0 Å². The Kier molecular flexibility index (Phi) is 4.93. The molecule has 20 heavy (non-hydrogen) atoms. The molecule has 1 unspecified atom stereocenters. The van der Waals surface area contributed by atoms with Gasteiger partial charge in [0.15, 0.2) is 17.6 Å². The second kappa shape index (κ2) is 6.68. The van der Waals surface area contributed by atoms with Gasteiger partial charge in [0.2, 0.25) is 0 Å². The van der Waals surface area contributed by atoms with Crippen LogP contribution in [-0.2, 0) is 0 Å². The molecule has 1 aromatic rings. The lowest BCUT2D eigenvalue weighted by Gasteiger charge is -2.13. The Bertz CT molecular complexity index is 484. The Labute approximate surface area is 118 Å². The van der Waals surface area contributed by atoms with Crippen molar-refractivity contribution in [2.45, 2.75) is 38.6 Å². The average Bonchev–Trinajstić information content (AvgIpc) is 3.23. The topological polar surface area (TPSA) is 36.4 Å². The van der Waals surface area contributed by atoms with Gasteiger partial charge in [0, 0.05) is 25.0 Å². The summed E-state index contributed by atoms with van der Waals surface area (Å²) < 4.78 is 26.1. The van der Waals surface area contributed by atoms with E-state index >= 15 is 0 Å². The predicted octanol–water partition coefficient (Wildman–Crippen LogP) is 2.79. The third-order valence-electron chi connectivity index (χ3n) is 3.30. The first-order valence-corrected chi connectivity index (χ1v) is 7.10. The Morgan fingerprint density at radius 1 is 1.35 bits per heavy atom. The van der Waals surface area contributed by atoms with Crippen LogP contribution in [0.25, 0.3) is 0 Å². The van der Waals surface area contributed by atoms with Gasteiger partial charge in [-0.2, -0.15) is 0 Å². The third-order valence-corrected chi connectivity index (χ3v) is 3.30. The first-order valence-electron chi connectivity index (χ1n) is 7.10. The molecule has 0 bridgehead atoms. The lowest BCUT2D eigenvalue weighted by Crippen LogP contribution is -2.38. The van der Waals surface area contributed by atoms with Gasteiger partial charge in [-0.3, -0.25) is 4.99 Å². The highest BCUT2D eigenvalue weighted by Crippen LogP contribution is 2.20. The second-order valence-corrected chi connectivity index (χ2v) is 5.21. The zero-order valence-corrected chi connectivity index (χ0v) is 11.9. The standard InChI is InChI=1S/C15H21F2N3/c1-3-18-15(20-12-5-6-12)19-9-10(2)11-4-7-13(16)14(17)8-11/h4,7-8,10,12H,3,5-6,9H2,1-2H3,(H2,18,19,20). The largest absolute Gasteiger partial charge is 0.357 e. The smallest absolute Gasteiger partial charge is 0.191 e. The zero-order chi connectivity index (χ0) is 14.5. The summed E-state index contributed by atoms with van der Waals surface area (Å²) >= 11 is 0. The SMILES string of the molecule is CCNC(=NCC(C)c1ccc(F)c(F)c1)NC1CC1. The monoisotopic (exact) mass is 281 g/mol. The first-order chi connectivity index (χ1) is 9.60. The zero-order valence-electron chi connectivity index (χ0n) is 11.9. The molecule has 2 N–H and O–H groups in total. The van der Waals surface area contributed by atoms with E-state index in [9.17, 15) is 8.78 Å². The second-order valence-electron chi connectivity index (χ2n) is 5.21. The molecule has 110 valence electrons. The fraction of sp³-hybridized carbons (Fsp3) is 0.533. The van der Waals surface area contributed by atoms with E-state index in [4.69, 9.17) is 0 Å². The fourth-order valence-corrected chi connectivity index (χ4v) is 1.89. The van der Waals surface area contributed by atoms with Gasteiger partial charge in [-0.1, -0.05) is 13.0 Å². The first kappa shape index (κ1) is 14.8. The molecular formula is C15H21F2N3. The lowest BCUT2D eigenvalue weighted by molar-refractivity contribution is 0.505. The molecule has 1 saturated carbocycles. The van der Waals surface area contributed by atoms with Gasteiger partial charge in [-0.15, -0.1) is 0 Å². The molecule has 1 fully saturated rings. The molecule has 0 aromatic heterocycles. The minimum Gasteiger partial charge on any atom is -0.357 e. The van der Waals surface area contributed by atoms with Crippen LogP contribution in [0.15, 0.2) is 23.2 Å². The maximum absolute atomic E-state index is 13.2. The van der Waals surface area contributed by atoms with Gasteiger partial charge in [0.25, 0.3) is 0 Å². The molecule has 0 amide bonds. The molecule has 0 radical (unpaired) electrons. The number of rotatable bonds is 5. The molecule has 1 aromatic carbocycles. The summed E-state index contributed by atoms with van der Waals surface area (Å²) in [7, 11) is 0. The molecule has 0 aliphatic heterocycles. The van der Waals surface area contributed by atoms with Crippen molar-refractivity contribution < 1.29 is 8.78 Å². The van der Waals surface area contributed by atoms with Crippen LogP contribution < -0.4 is 10.6 Å². The van der Waals surface area contributed by atoms with Gasteiger partial charge < -0.3 is 10.6 Å². The summed E-state index contributed by atoms with van der Waals surface area (Å²) in [4.78, 5) is 4.50. The van der Waals surface area contributed by atoms with E-state index in [-0.39, 0.29) is 5.92 Å². The Balaban J connectivity index is 1.97. The molecule has 0 saturated heterocycles. The summed E-state index contributed by atoms with van der Waals surface area (Å²) in [6, 6.07) is 4.56. The number of benzene rings is 1. The minimum atomic E-state index is -0.812. The number of aliphatic imine (C=N–C) groups is 1. The van der Waals surface area contributed by atoms with Crippen molar-refractivity contribution in [3.63, 3.8) is 0 Å². The molecule has 0 spiro atoms. The number of halogens is 2. The van der Waals surface area contributed by atoms with E-state index < -0.39 is 11.6 Å². The predicted molar refractivity (Wildman–Crippen MR) is 76.9 cm³/mol. The van der Waals surface area contributed by atoms with E-state index in [1.807, 2.05) is 13.8 Å². The highest BCUT2D eigenvalue weighted by atomic mass is 19.2. The molecule has 1 atom stereocenters. The number of hydrogen-bond acceptors (Lipinski definition) is 1. The van der Waals surface area contributed by atoms with Gasteiger partial charge in [0.1, 0.15) is 0 Å². The molecule has 0 heterocycles. The number of hydrogen-bond donors (Lipinski definition) is 2. The highest BCUT2D eigenvalue weighted by Gasteiger charge is 2.22. The molecule has 1 aliphatic carbocycles. The molecule has 5 heteroatoms. The Hall–Kier alpha value is -1.65. The molecule has 3 nitrogen and oxygen atoms in total. The van der Waals surface area contributed by atoms with E-state index in [0.717, 1.165) is 18.1 Å².